The van der Waals surface area contributed by atoms with E-state index in [2.05, 4.69) is 48.9 Å². The molecule has 144 valence electrons. The standard InChI is InChI=1S/C22H32N2O.ClH/c1-3-11-20-16-22(25-17-18-12-7-5-8-13-18)24(23-20)21(4-2)19-14-9-6-10-15-19;/h5,7-8,12-13,16,19,21H,3-4,6,9-11,14-15,17H2,1-2H3;1H. The molecule has 0 radical (unpaired) electrons. The van der Waals surface area contributed by atoms with Crippen LogP contribution in [0.3, 0.4) is 0 Å². The number of aromatic nitrogens is 2. The molecule has 0 aliphatic heterocycles. The third-order valence-corrected chi connectivity index (χ3v) is 5.41. The number of rotatable bonds is 8. The zero-order valence-corrected chi connectivity index (χ0v) is 17.0. The highest BCUT2D eigenvalue weighted by molar-refractivity contribution is 5.85. The first-order chi connectivity index (χ1) is 12.3. The Bertz CT molecular complexity index is 635. The van der Waals surface area contributed by atoms with Crippen molar-refractivity contribution < 1.29 is 4.74 Å². The van der Waals surface area contributed by atoms with Gasteiger partial charge in [0.1, 0.15) is 6.61 Å². The molecule has 4 heteroatoms. The molecule has 3 rings (SSSR count). The molecule has 1 aliphatic carbocycles. The van der Waals surface area contributed by atoms with Crippen LogP contribution in [0.4, 0.5) is 0 Å². The molecule has 1 aromatic heterocycles. The third kappa shape index (κ3) is 5.26. The number of benzene rings is 1. The Balaban J connectivity index is 0.00000243. The molecule has 1 fully saturated rings. The van der Waals surface area contributed by atoms with Gasteiger partial charge in [-0.1, -0.05) is 69.9 Å². The largest absolute Gasteiger partial charge is 0.473 e. The maximum Gasteiger partial charge on any atom is 0.212 e. The van der Waals surface area contributed by atoms with Crippen LogP contribution in [-0.4, -0.2) is 9.78 Å². The summed E-state index contributed by atoms with van der Waals surface area (Å²) >= 11 is 0. The van der Waals surface area contributed by atoms with Gasteiger partial charge in [0, 0.05) is 6.07 Å². The van der Waals surface area contributed by atoms with Crippen LogP contribution >= 0.6 is 12.4 Å². The lowest BCUT2D eigenvalue weighted by Gasteiger charge is -2.30. The minimum Gasteiger partial charge on any atom is -0.473 e. The van der Waals surface area contributed by atoms with Crippen molar-refractivity contribution in [1.82, 2.24) is 9.78 Å². The third-order valence-electron chi connectivity index (χ3n) is 5.41. The number of nitrogens with zero attached hydrogens (tertiary/aromatic N) is 2. The Morgan fingerprint density at radius 2 is 1.85 bits per heavy atom. The van der Waals surface area contributed by atoms with E-state index in [1.54, 1.807) is 0 Å². The summed E-state index contributed by atoms with van der Waals surface area (Å²) < 4.78 is 8.44. The molecule has 0 bridgehead atoms. The van der Waals surface area contributed by atoms with Gasteiger partial charge in [-0.05, 0) is 37.2 Å². The Hall–Kier alpha value is -1.48. The van der Waals surface area contributed by atoms with Crippen LogP contribution in [0.1, 0.15) is 76.1 Å². The van der Waals surface area contributed by atoms with E-state index in [1.165, 1.54) is 43.4 Å². The highest BCUT2D eigenvalue weighted by Crippen LogP contribution is 2.37. The average Bonchev–Trinajstić information content (AvgIpc) is 3.05. The van der Waals surface area contributed by atoms with Gasteiger partial charge < -0.3 is 4.74 Å². The van der Waals surface area contributed by atoms with Crippen molar-refractivity contribution >= 4 is 12.4 Å². The quantitative estimate of drug-likeness (QED) is 0.535. The minimum absolute atomic E-state index is 0. The SMILES string of the molecule is CCCc1cc(OCc2ccccc2)n(C(CC)C2CCCCC2)n1.Cl. The normalized spacial score (nSPS) is 16.1. The smallest absolute Gasteiger partial charge is 0.212 e. The predicted molar refractivity (Wildman–Crippen MR) is 110 cm³/mol. The van der Waals surface area contributed by atoms with Crippen molar-refractivity contribution in [3.8, 4) is 5.88 Å². The number of aryl methyl sites for hydroxylation is 1. The van der Waals surface area contributed by atoms with Crippen LogP contribution < -0.4 is 4.74 Å². The maximum atomic E-state index is 6.22. The first-order valence-electron chi connectivity index (χ1n) is 10.1. The van der Waals surface area contributed by atoms with E-state index in [0.29, 0.717) is 12.6 Å². The van der Waals surface area contributed by atoms with Crippen molar-refractivity contribution in [2.24, 2.45) is 5.92 Å². The fourth-order valence-electron chi connectivity index (χ4n) is 4.11. The molecule has 0 amide bonds. The lowest BCUT2D eigenvalue weighted by Crippen LogP contribution is -2.23. The second-order valence-corrected chi connectivity index (χ2v) is 7.32. The Morgan fingerprint density at radius 3 is 2.50 bits per heavy atom. The van der Waals surface area contributed by atoms with Crippen LogP contribution in [0, 0.1) is 5.92 Å². The van der Waals surface area contributed by atoms with Gasteiger partial charge in [-0.3, -0.25) is 0 Å². The minimum atomic E-state index is 0. The number of hydrogen-bond donors (Lipinski definition) is 0. The fraction of sp³-hybridized carbons (Fsp3) is 0.591. The van der Waals surface area contributed by atoms with Crippen molar-refractivity contribution in [2.75, 3.05) is 0 Å². The van der Waals surface area contributed by atoms with Gasteiger partial charge >= 0.3 is 0 Å². The Morgan fingerprint density at radius 1 is 1.12 bits per heavy atom. The monoisotopic (exact) mass is 376 g/mol. The second kappa shape index (κ2) is 10.6. The molecule has 3 nitrogen and oxygen atoms in total. The van der Waals surface area contributed by atoms with Crippen LogP contribution in [0.25, 0.3) is 0 Å². The lowest BCUT2D eigenvalue weighted by atomic mass is 9.83. The molecular formula is C22H33ClN2O. The van der Waals surface area contributed by atoms with Crippen molar-refractivity contribution in [3.63, 3.8) is 0 Å². The molecular weight excluding hydrogens is 344 g/mol. The molecule has 1 unspecified atom stereocenters. The zero-order valence-electron chi connectivity index (χ0n) is 16.2. The number of halogens is 1. The highest BCUT2D eigenvalue weighted by Gasteiger charge is 2.27. The van der Waals surface area contributed by atoms with Gasteiger partial charge in [-0.2, -0.15) is 5.10 Å². The second-order valence-electron chi connectivity index (χ2n) is 7.32. The van der Waals surface area contributed by atoms with Gasteiger partial charge in [0.2, 0.25) is 5.88 Å². The fourth-order valence-corrected chi connectivity index (χ4v) is 4.11. The van der Waals surface area contributed by atoms with Gasteiger partial charge in [-0.15, -0.1) is 12.4 Å². The van der Waals surface area contributed by atoms with Gasteiger partial charge in [0.15, 0.2) is 0 Å². The molecule has 1 heterocycles. The van der Waals surface area contributed by atoms with E-state index in [-0.39, 0.29) is 12.4 Å². The summed E-state index contributed by atoms with van der Waals surface area (Å²) in [4.78, 5) is 0. The maximum absolute atomic E-state index is 6.22. The summed E-state index contributed by atoms with van der Waals surface area (Å²) in [6, 6.07) is 13.0. The molecule has 0 saturated heterocycles. The van der Waals surface area contributed by atoms with Gasteiger partial charge in [-0.25, -0.2) is 4.68 Å². The van der Waals surface area contributed by atoms with E-state index >= 15 is 0 Å². The average molecular weight is 377 g/mol. The molecule has 26 heavy (non-hydrogen) atoms. The van der Waals surface area contributed by atoms with E-state index < -0.39 is 0 Å². The van der Waals surface area contributed by atoms with Gasteiger partial charge in [0.25, 0.3) is 0 Å². The van der Waals surface area contributed by atoms with Crippen LogP contribution in [0.5, 0.6) is 5.88 Å². The van der Waals surface area contributed by atoms with Crippen molar-refractivity contribution in [2.45, 2.75) is 77.9 Å². The molecule has 0 spiro atoms. The highest BCUT2D eigenvalue weighted by atomic mass is 35.5. The first-order valence-corrected chi connectivity index (χ1v) is 10.1. The molecule has 1 atom stereocenters. The van der Waals surface area contributed by atoms with Gasteiger partial charge in [0.05, 0.1) is 11.7 Å². The lowest BCUT2D eigenvalue weighted by molar-refractivity contribution is 0.194. The molecule has 2 aromatic rings. The summed E-state index contributed by atoms with van der Waals surface area (Å²) in [5.41, 5.74) is 2.37. The summed E-state index contributed by atoms with van der Waals surface area (Å²) in [6.07, 6.45) is 10.1. The summed E-state index contributed by atoms with van der Waals surface area (Å²) in [5, 5.41) is 4.95. The van der Waals surface area contributed by atoms with E-state index in [4.69, 9.17) is 9.84 Å². The molecule has 1 aliphatic rings. The molecule has 1 aromatic carbocycles. The summed E-state index contributed by atoms with van der Waals surface area (Å²) in [6.45, 7) is 5.11. The summed E-state index contributed by atoms with van der Waals surface area (Å²) in [5.74, 6) is 1.69. The summed E-state index contributed by atoms with van der Waals surface area (Å²) in [7, 11) is 0. The predicted octanol–water partition coefficient (Wildman–Crippen LogP) is 6.37. The number of hydrogen-bond acceptors (Lipinski definition) is 2. The van der Waals surface area contributed by atoms with Crippen LogP contribution in [0.15, 0.2) is 36.4 Å². The first kappa shape index (κ1) is 20.8. The molecule has 1 saturated carbocycles. The number of ether oxygens (including phenoxy) is 1. The van der Waals surface area contributed by atoms with Crippen LogP contribution in [-0.2, 0) is 13.0 Å². The van der Waals surface area contributed by atoms with E-state index in [0.717, 1.165) is 31.1 Å². The Kier molecular flexibility index (Phi) is 8.50. The van der Waals surface area contributed by atoms with Crippen molar-refractivity contribution in [3.05, 3.63) is 47.7 Å². The topological polar surface area (TPSA) is 27.1 Å². The zero-order chi connectivity index (χ0) is 17.5. The Labute approximate surface area is 164 Å². The van der Waals surface area contributed by atoms with Crippen molar-refractivity contribution in [1.29, 1.82) is 0 Å². The van der Waals surface area contributed by atoms with E-state index in [9.17, 15) is 0 Å². The molecule has 0 N–H and O–H groups in total. The van der Waals surface area contributed by atoms with E-state index in [1.807, 2.05) is 6.07 Å². The van der Waals surface area contributed by atoms with Crippen LogP contribution in [0.2, 0.25) is 0 Å².